The van der Waals surface area contributed by atoms with E-state index >= 15 is 0 Å². The number of nitrogens with zero attached hydrogens (tertiary/aromatic N) is 1. The van der Waals surface area contributed by atoms with Gasteiger partial charge in [0.2, 0.25) is 6.23 Å². The van der Waals surface area contributed by atoms with Gasteiger partial charge in [-0.15, -0.1) is 0 Å². The van der Waals surface area contributed by atoms with Crippen LogP contribution in [0.2, 0.25) is 0 Å². The van der Waals surface area contributed by atoms with Crippen molar-refractivity contribution in [2.24, 2.45) is 4.99 Å². The number of hydrogen-bond acceptors (Lipinski definition) is 3. The van der Waals surface area contributed by atoms with Gasteiger partial charge in [-0.3, -0.25) is 9.79 Å². The first kappa shape index (κ1) is 11.6. The van der Waals surface area contributed by atoms with Gasteiger partial charge in [-0.05, 0) is 17.2 Å². The number of aliphatic imine (C=N–C) groups is 1. The summed E-state index contributed by atoms with van der Waals surface area (Å²) in [6.07, 6.45) is 0.191. The number of carbonyl (C=O) groups excluding carboxylic acids is 1. The molecular weight excluding hydrogens is 240 g/mol. The summed E-state index contributed by atoms with van der Waals surface area (Å²) in [5.41, 5.74) is 3.47. The smallest absolute Gasteiger partial charge is 0.276 e. The molecular formula is C15H12N2O2. The summed E-state index contributed by atoms with van der Waals surface area (Å²) >= 11 is 0. The van der Waals surface area contributed by atoms with Crippen LogP contribution < -0.4 is 5.32 Å². The molecule has 0 saturated carbocycles. The summed E-state index contributed by atoms with van der Waals surface area (Å²) in [5, 5.41) is 12.1. The van der Waals surface area contributed by atoms with Crippen LogP contribution in [0.3, 0.4) is 0 Å². The molecule has 4 heteroatoms. The van der Waals surface area contributed by atoms with Crippen molar-refractivity contribution in [3.05, 3.63) is 54.1 Å². The standard InChI is InChI=1S/C15H12N2O2/c18-14-15(19)17-13-8-4-7-11(12(13)9-16-14)10-5-2-1-3-6-10/h1-9,14,18H,(H,17,19). The van der Waals surface area contributed by atoms with E-state index in [2.05, 4.69) is 10.3 Å². The average molecular weight is 252 g/mol. The molecule has 1 heterocycles. The third-order valence-corrected chi connectivity index (χ3v) is 3.03. The lowest BCUT2D eigenvalue weighted by atomic mass is 9.99. The van der Waals surface area contributed by atoms with Gasteiger partial charge in [0.05, 0.1) is 5.69 Å². The fraction of sp³-hybridized carbons (Fsp3) is 0.0667. The molecule has 19 heavy (non-hydrogen) atoms. The van der Waals surface area contributed by atoms with E-state index in [0.717, 1.165) is 16.7 Å². The van der Waals surface area contributed by atoms with Crippen LogP contribution in [-0.2, 0) is 4.79 Å². The minimum atomic E-state index is -1.35. The number of aliphatic hydroxyl groups is 1. The van der Waals surface area contributed by atoms with E-state index in [0.29, 0.717) is 5.69 Å². The number of rotatable bonds is 1. The summed E-state index contributed by atoms with van der Waals surface area (Å²) in [7, 11) is 0. The third-order valence-electron chi connectivity index (χ3n) is 3.03. The number of hydrogen-bond donors (Lipinski definition) is 2. The minimum absolute atomic E-state index is 0.514. The molecule has 0 radical (unpaired) electrons. The third kappa shape index (κ3) is 2.13. The fourth-order valence-electron chi connectivity index (χ4n) is 2.09. The van der Waals surface area contributed by atoms with Gasteiger partial charge in [0, 0.05) is 11.8 Å². The highest BCUT2D eigenvalue weighted by Crippen LogP contribution is 2.29. The SMILES string of the molecule is O=C1Nc2cccc(-c3ccccc3)c2C=NC1O. The molecule has 1 aliphatic heterocycles. The average Bonchev–Trinajstić information content (AvgIpc) is 2.59. The zero-order chi connectivity index (χ0) is 13.2. The van der Waals surface area contributed by atoms with Crippen molar-refractivity contribution < 1.29 is 9.90 Å². The monoisotopic (exact) mass is 252 g/mol. The summed E-state index contributed by atoms with van der Waals surface area (Å²) in [5.74, 6) is -0.514. The van der Waals surface area contributed by atoms with Crippen LogP contribution >= 0.6 is 0 Å². The first-order valence-electron chi connectivity index (χ1n) is 5.96. The van der Waals surface area contributed by atoms with Crippen molar-refractivity contribution in [2.75, 3.05) is 5.32 Å². The number of benzene rings is 2. The van der Waals surface area contributed by atoms with Crippen LogP contribution in [0.25, 0.3) is 11.1 Å². The number of carbonyl (C=O) groups is 1. The lowest BCUT2D eigenvalue weighted by Gasteiger charge is -2.10. The summed E-state index contributed by atoms with van der Waals surface area (Å²) < 4.78 is 0. The van der Waals surface area contributed by atoms with E-state index in [1.165, 1.54) is 0 Å². The van der Waals surface area contributed by atoms with E-state index in [9.17, 15) is 9.90 Å². The van der Waals surface area contributed by atoms with E-state index in [-0.39, 0.29) is 0 Å². The topological polar surface area (TPSA) is 61.7 Å². The fourth-order valence-corrected chi connectivity index (χ4v) is 2.09. The zero-order valence-corrected chi connectivity index (χ0v) is 10.1. The van der Waals surface area contributed by atoms with Crippen molar-refractivity contribution in [3.8, 4) is 11.1 Å². The Hall–Kier alpha value is -2.46. The molecule has 0 fully saturated rings. The van der Waals surface area contributed by atoms with Gasteiger partial charge >= 0.3 is 0 Å². The molecule has 1 atom stereocenters. The van der Waals surface area contributed by atoms with Gasteiger partial charge < -0.3 is 10.4 Å². The Labute approximate surface area is 110 Å². The van der Waals surface area contributed by atoms with E-state index in [4.69, 9.17) is 0 Å². The van der Waals surface area contributed by atoms with Gasteiger partial charge in [0.15, 0.2) is 0 Å². The van der Waals surface area contributed by atoms with E-state index in [1.807, 2.05) is 42.5 Å². The number of nitrogens with one attached hydrogen (secondary N) is 1. The van der Waals surface area contributed by atoms with Crippen LogP contribution in [0.1, 0.15) is 5.56 Å². The molecule has 0 bridgehead atoms. The minimum Gasteiger partial charge on any atom is -0.364 e. The van der Waals surface area contributed by atoms with Crippen LogP contribution in [0, 0.1) is 0 Å². The molecule has 2 aromatic rings. The van der Waals surface area contributed by atoms with Crippen molar-refractivity contribution in [2.45, 2.75) is 6.23 Å². The number of fused-ring (bicyclic) bond motifs is 1. The molecule has 0 spiro atoms. The van der Waals surface area contributed by atoms with Crippen LogP contribution in [0.5, 0.6) is 0 Å². The number of benzodiazepines with no additional fused rings is 1. The second-order valence-corrected chi connectivity index (χ2v) is 4.27. The van der Waals surface area contributed by atoms with E-state index < -0.39 is 12.1 Å². The molecule has 0 aliphatic carbocycles. The molecule has 94 valence electrons. The Morgan fingerprint density at radius 3 is 2.63 bits per heavy atom. The van der Waals surface area contributed by atoms with Crippen molar-refractivity contribution in [1.29, 1.82) is 0 Å². The van der Waals surface area contributed by atoms with Gasteiger partial charge in [-0.25, -0.2) is 0 Å². The predicted octanol–water partition coefficient (Wildman–Crippen LogP) is 2.04. The highest BCUT2D eigenvalue weighted by molar-refractivity contribution is 6.06. The lowest BCUT2D eigenvalue weighted by Crippen LogP contribution is -2.24. The normalized spacial score (nSPS) is 17.5. The molecule has 1 amide bonds. The van der Waals surface area contributed by atoms with Gasteiger partial charge in [-0.2, -0.15) is 0 Å². The molecule has 0 aromatic heterocycles. The summed E-state index contributed by atoms with van der Waals surface area (Å²) in [6, 6.07) is 15.5. The van der Waals surface area contributed by atoms with Crippen molar-refractivity contribution in [3.63, 3.8) is 0 Å². The van der Waals surface area contributed by atoms with E-state index in [1.54, 1.807) is 12.3 Å². The quantitative estimate of drug-likeness (QED) is 0.815. The van der Waals surface area contributed by atoms with Gasteiger partial charge in [0.25, 0.3) is 5.91 Å². The summed E-state index contributed by atoms with van der Waals surface area (Å²) in [4.78, 5) is 15.4. The lowest BCUT2D eigenvalue weighted by molar-refractivity contribution is -0.123. The highest BCUT2D eigenvalue weighted by atomic mass is 16.3. The van der Waals surface area contributed by atoms with Gasteiger partial charge in [0.1, 0.15) is 0 Å². The van der Waals surface area contributed by atoms with Crippen LogP contribution in [0.4, 0.5) is 5.69 Å². The first-order valence-corrected chi connectivity index (χ1v) is 5.96. The maximum atomic E-state index is 11.5. The zero-order valence-electron chi connectivity index (χ0n) is 10.1. The van der Waals surface area contributed by atoms with Crippen LogP contribution in [0.15, 0.2) is 53.5 Å². The van der Waals surface area contributed by atoms with Crippen molar-refractivity contribution in [1.82, 2.24) is 0 Å². The largest absolute Gasteiger partial charge is 0.364 e. The molecule has 3 rings (SSSR count). The Morgan fingerprint density at radius 2 is 1.84 bits per heavy atom. The highest BCUT2D eigenvalue weighted by Gasteiger charge is 2.19. The Bertz CT molecular complexity index is 650. The van der Waals surface area contributed by atoms with Crippen molar-refractivity contribution >= 4 is 17.8 Å². The Morgan fingerprint density at radius 1 is 1.05 bits per heavy atom. The predicted molar refractivity (Wildman–Crippen MR) is 74.1 cm³/mol. The maximum Gasteiger partial charge on any atom is 0.276 e. The van der Waals surface area contributed by atoms with Crippen LogP contribution in [-0.4, -0.2) is 23.5 Å². The molecule has 2 aromatic carbocycles. The Balaban J connectivity index is 2.17. The van der Waals surface area contributed by atoms with Gasteiger partial charge in [-0.1, -0.05) is 42.5 Å². The molecule has 1 unspecified atom stereocenters. The number of anilines is 1. The first-order chi connectivity index (χ1) is 9.25. The Kier molecular flexibility index (Phi) is 2.85. The summed E-state index contributed by atoms with van der Waals surface area (Å²) in [6.45, 7) is 0. The molecule has 4 nitrogen and oxygen atoms in total. The molecule has 1 aliphatic rings. The second kappa shape index (κ2) is 4.66. The maximum absolute atomic E-state index is 11.5. The molecule has 2 N–H and O–H groups in total. The number of aliphatic hydroxyl groups excluding tert-OH is 1. The number of amides is 1. The molecule has 0 saturated heterocycles. The second-order valence-electron chi connectivity index (χ2n) is 4.27.